The highest BCUT2D eigenvalue weighted by Crippen LogP contribution is 2.29. The maximum atomic E-state index is 12.6. The molecule has 0 atom stereocenters. The summed E-state index contributed by atoms with van der Waals surface area (Å²) in [5.41, 5.74) is 3.00. The fourth-order valence-electron chi connectivity index (χ4n) is 1.77. The number of halogens is 3. The number of nitrogens with zero attached hydrogens (tertiary/aromatic N) is 1. The van der Waals surface area contributed by atoms with Gasteiger partial charge in [0.05, 0.1) is 10.5 Å². The van der Waals surface area contributed by atoms with E-state index in [0.29, 0.717) is 6.07 Å². The number of carbonyl (C=O) groups excluding carboxylic acids is 1. The lowest BCUT2D eigenvalue weighted by atomic mass is 10.1. The van der Waals surface area contributed by atoms with Crippen LogP contribution in [0.15, 0.2) is 48.5 Å². The summed E-state index contributed by atoms with van der Waals surface area (Å²) in [5.74, 6) is -0.853. The van der Waals surface area contributed by atoms with Gasteiger partial charge in [-0.05, 0) is 24.3 Å². The number of rotatable bonds is 4. The molecule has 23 heavy (non-hydrogen) atoms. The number of alkyl halides is 3. The van der Waals surface area contributed by atoms with Gasteiger partial charge in [0.2, 0.25) is 0 Å². The third-order valence-corrected chi connectivity index (χ3v) is 2.86. The zero-order chi connectivity index (χ0) is 17.0. The van der Waals surface area contributed by atoms with Crippen LogP contribution in [0.4, 0.5) is 24.5 Å². The fraction of sp³-hybridized carbons (Fsp3) is 0.0714. The van der Waals surface area contributed by atoms with E-state index < -0.39 is 22.6 Å². The number of para-hydroxylation sites is 2. The average molecular weight is 325 g/mol. The quantitative estimate of drug-likeness (QED) is 0.667. The molecule has 0 bridgehead atoms. The topological polar surface area (TPSA) is 84.3 Å². The van der Waals surface area contributed by atoms with Crippen LogP contribution in [0.25, 0.3) is 0 Å². The molecule has 0 spiro atoms. The lowest BCUT2D eigenvalue weighted by Crippen LogP contribution is -2.29. The molecule has 2 aromatic carbocycles. The van der Waals surface area contributed by atoms with Crippen molar-refractivity contribution in [2.45, 2.75) is 6.18 Å². The Morgan fingerprint density at radius 1 is 1.09 bits per heavy atom. The van der Waals surface area contributed by atoms with Gasteiger partial charge in [-0.2, -0.15) is 13.2 Å². The maximum Gasteiger partial charge on any atom is 0.416 e. The fourth-order valence-corrected chi connectivity index (χ4v) is 1.77. The Kier molecular flexibility index (Phi) is 4.49. The summed E-state index contributed by atoms with van der Waals surface area (Å²) in [7, 11) is 0. The summed E-state index contributed by atoms with van der Waals surface area (Å²) in [6, 6.07) is 9.35. The Labute approximate surface area is 128 Å². The molecule has 0 aliphatic rings. The number of anilines is 1. The van der Waals surface area contributed by atoms with E-state index in [1.165, 1.54) is 30.3 Å². The monoisotopic (exact) mass is 325 g/mol. The highest BCUT2D eigenvalue weighted by atomic mass is 19.4. The van der Waals surface area contributed by atoms with Gasteiger partial charge in [-0.25, -0.2) is 0 Å². The number of nitrogens with one attached hydrogen (secondary N) is 2. The standard InChI is InChI=1S/C14H10F3N3O3/c15-14(16,17)10-5-3-4-9(8-10)13(21)19-18-11-6-1-2-7-12(11)20(22)23/h1-8,18H,(H,19,21). The molecule has 0 aliphatic heterocycles. The van der Waals surface area contributed by atoms with Gasteiger partial charge in [-0.3, -0.25) is 25.8 Å². The van der Waals surface area contributed by atoms with E-state index in [4.69, 9.17) is 0 Å². The predicted molar refractivity (Wildman–Crippen MR) is 75.6 cm³/mol. The molecule has 0 radical (unpaired) electrons. The van der Waals surface area contributed by atoms with Gasteiger partial charge in [-0.1, -0.05) is 18.2 Å². The first-order valence-corrected chi connectivity index (χ1v) is 6.26. The van der Waals surface area contributed by atoms with Crippen LogP contribution in [0.2, 0.25) is 0 Å². The molecule has 0 saturated carbocycles. The van der Waals surface area contributed by atoms with Crippen LogP contribution in [0.3, 0.4) is 0 Å². The molecule has 6 nitrogen and oxygen atoms in total. The zero-order valence-corrected chi connectivity index (χ0v) is 11.4. The number of hydrogen-bond donors (Lipinski definition) is 2. The summed E-state index contributed by atoms with van der Waals surface area (Å²) >= 11 is 0. The zero-order valence-electron chi connectivity index (χ0n) is 11.4. The van der Waals surface area contributed by atoms with Gasteiger partial charge < -0.3 is 0 Å². The summed E-state index contributed by atoms with van der Waals surface area (Å²) in [4.78, 5) is 22.0. The molecule has 0 unspecified atom stereocenters. The maximum absolute atomic E-state index is 12.6. The molecular formula is C14H10F3N3O3. The predicted octanol–water partition coefficient (Wildman–Crippen LogP) is 3.37. The Hall–Kier alpha value is -3.10. The Bertz CT molecular complexity index is 747. The van der Waals surface area contributed by atoms with E-state index in [9.17, 15) is 28.1 Å². The minimum absolute atomic E-state index is 0.0119. The SMILES string of the molecule is O=C(NNc1ccccc1[N+](=O)[O-])c1cccc(C(F)(F)F)c1. The largest absolute Gasteiger partial charge is 0.416 e. The van der Waals surface area contributed by atoms with Crippen LogP contribution in [-0.4, -0.2) is 10.8 Å². The van der Waals surface area contributed by atoms with Crippen molar-refractivity contribution in [1.29, 1.82) is 0 Å². The summed E-state index contributed by atoms with van der Waals surface area (Å²) in [6.07, 6.45) is -4.57. The van der Waals surface area contributed by atoms with E-state index in [-0.39, 0.29) is 16.9 Å². The summed E-state index contributed by atoms with van der Waals surface area (Å²) in [5, 5.41) is 10.8. The Morgan fingerprint density at radius 3 is 2.43 bits per heavy atom. The average Bonchev–Trinajstić information content (AvgIpc) is 2.52. The van der Waals surface area contributed by atoms with Crippen LogP contribution in [0.1, 0.15) is 15.9 Å². The Morgan fingerprint density at radius 2 is 1.78 bits per heavy atom. The summed E-state index contributed by atoms with van der Waals surface area (Å²) < 4.78 is 37.8. The second-order valence-electron chi connectivity index (χ2n) is 4.43. The van der Waals surface area contributed by atoms with Crippen LogP contribution in [0.5, 0.6) is 0 Å². The van der Waals surface area contributed by atoms with Gasteiger partial charge in [0, 0.05) is 11.6 Å². The minimum atomic E-state index is -4.57. The van der Waals surface area contributed by atoms with Crippen molar-refractivity contribution < 1.29 is 22.9 Å². The normalized spacial score (nSPS) is 10.9. The number of carbonyl (C=O) groups is 1. The van der Waals surface area contributed by atoms with E-state index in [0.717, 1.165) is 12.1 Å². The van der Waals surface area contributed by atoms with E-state index in [1.54, 1.807) is 0 Å². The summed E-state index contributed by atoms with van der Waals surface area (Å²) in [6.45, 7) is 0. The van der Waals surface area contributed by atoms with E-state index in [1.807, 2.05) is 0 Å². The van der Waals surface area contributed by atoms with Crippen molar-refractivity contribution in [3.8, 4) is 0 Å². The number of nitro benzene ring substituents is 1. The number of hydrogen-bond acceptors (Lipinski definition) is 4. The molecule has 0 heterocycles. The van der Waals surface area contributed by atoms with Crippen molar-refractivity contribution in [3.63, 3.8) is 0 Å². The number of hydrazine groups is 1. The van der Waals surface area contributed by atoms with Crippen molar-refractivity contribution >= 4 is 17.3 Å². The molecule has 2 rings (SSSR count). The number of amides is 1. The number of benzene rings is 2. The molecule has 0 fully saturated rings. The molecular weight excluding hydrogens is 315 g/mol. The van der Waals surface area contributed by atoms with Crippen LogP contribution >= 0.6 is 0 Å². The molecule has 2 N–H and O–H groups in total. The highest BCUT2D eigenvalue weighted by Gasteiger charge is 2.30. The van der Waals surface area contributed by atoms with Gasteiger partial charge in [0.1, 0.15) is 5.69 Å². The third kappa shape index (κ3) is 3.96. The van der Waals surface area contributed by atoms with Gasteiger partial charge in [0.15, 0.2) is 0 Å². The molecule has 1 amide bonds. The van der Waals surface area contributed by atoms with E-state index in [2.05, 4.69) is 10.9 Å². The first kappa shape index (κ1) is 16.3. The van der Waals surface area contributed by atoms with Gasteiger partial charge in [-0.15, -0.1) is 0 Å². The molecule has 120 valence electrons. The number of nitro groups is 1. The van der Waals surface area contributed by atoms with Crippen molar-refractivity contribution in [2.75, 3.05) is 5.43 Å². The highest BCUT2D eigenvalue weighted by molar-refractivity contribution is 5.95. The smallest absolute Gasteiger partial charge is 0.292 e. The van der Waals surface area contributed by atoms with Crippen LogP contribution in [0, 0.1) is 10.1 Å². The first-order valence-electron chi connectivity index (χ1n) is 6.26. The Balaban J connectivity index is 2.13. The van der Waals surface area contributed by atoms with E-state index >= 15 is 0 Å². The molecule has 2 aromatic rings. The second-order valence-corrected chi connectivity index (χ2v) is 4.43. The van der Waals surface area contributed by atoms with Gasteiger partial charge >= 0.3 is 6.18 Å². The second kappa shape index (κ2) is 6.34. The lowest BCUT2D eigenvalue weighted by Gasteiger charge is -2.11. The molecule has 0 saturated heterocycles. The van der Waals surface area contributed by atoms with Crippen molar-refractivity contribution in [1.82, 2.24) is 5.43 Å². The molecule has 0 aromatic heterocycles. The molecule has 0 aliphatic carbocycles. The van der Waals surface area contributed by atoms with Crippen LogP contribution < -0.4 is 10.9 Å². The van der Waals surface area contributed by atoms with Crippen molar-refractivity contribution in [3.05, 3.63) is 69.8 Å². The third-order valence-electron chi connectivity index (χ3n) is 2.86. The molecule has 9 heteroatoms. The first-order chi connectivity index (χ1) is 10.8. The minimum Gasteiger partial charge on any atom is -0.292 e. The van der Waals surface area contributed by atoms with Crippen molar-refractivity contribution in [2.24, 2.45) is 0 Å². The van der Waals surface area contributed by atoms with Gasteiger partial charge in [0.25, 0.3) is 11.6 Å². The van der Waals surface area contributed by atoms with Crippen LogP contribution in [-0.2, 0) is 6.18 Å². The lowest BCUT2D eigenvalue weighted by molar-refractivity contribution is -0.384.